The molecule has 13 heavy (non-hydrogen) atoms. The molecular formula is C8H12N2O3. The molecule has 2 N–H and O–H groups in total. The number of carboxylic acids is 1. The summed E-state index contributed by atoms with van der Waals surface area (Å²) in [6.45, 7) is 0.415. The van der Waals surface area contributed by atoms with Crippen molar-refractivity contribution in [3.05, 3.63) is 0 Å². The lowest BCUT2D eigenvalue weighted by Gasteiger charge is -2.48. The van der Waals surface area contributed by atoms with Crippen molar-refractivity contribution in [2.24, 2.45) is 0 Å². The van der Waals surface area contributed by atoms with Gasteiger partial charge in [0.2, 0.25) is 5.91 Å². The number of likely N-dealkylation sites (N-methyl/N-ethyl adjacent to an activating group) is 1. The number of piperidine rings is 2. The molecule has 3 rings (SSSR count). The maximum atomic E-state index is 11.4. The number of carbonyl (C=O) groups excluding carboxylic acids is 1. The minimum absolute atomic E-state index is 0.124. The third-order valence-corrected chi connectivity index (χ3v) is 2.97. The van der Waals surface area contributed by atoms with Crippen molar-refractivity contribution >= 4 is 11.9 Å². The van der Waals surface area contributed by atoms with Crippen LogP contribution in [0.25, 0.3) is 0 Å². The summed E-state index contributed by atoms with van der Waals surface area (Å²) in [5, 5.41) is 11.6. The molecule has 0 radical (unpaired) electrons. The monoisotopic (exact) mass is 184 g/mol. The Kier molecular flexibility index (Phi) is 1.60. The van der Waals surface area contributed by atoms with E-state index in [1.165, 1.54) is 0 Å². The molecule has 72 valence electrons. The minimum Gasteiger partial charge on any atom is -0.479 e. The molecule has 0 aromatic carbocycles. The van der Waals surface area contributed by atoms with E-state index in [-0.39, 0.29) is 11.9 Å². The normalized spacial score (nSPS) is 38.8. The second kappa shape index (κ2) is 2.45. The average molecular weight is 184 g/mol. The average Bonchev–Trinajstić information content (AvgIpc) is 2.03. The highest BCUT2D eigenvalue weighted by Gasteiger charge is 2.52. The molecule has 1 amide bonds. The van der Waals surface area contributed by atoms with E-state index in [4.69, 9.17) is 5.11 Å². The molecule has 5 nitrogen and oxygen atoms in total. The topological polar surface area (TPSA) is 69.6 Å². The molecule has 0 saturated carbocycles. The first kappa shape index (κ1) is 8.50. The Morgan fingerprint density at radius 1 is 1.77 bits per heavy atom. The molecule has 0 aromatic heterocycles. The summed E-state index contributed by atoms with van der Waals surface area (Å²) < 4.78 is 0. The summed E-state index contributed by atoms with van der Waals surface area (Å²) in [4.78, 5) is 24.2. The van der Waals surface area contributed by atoms with Gasteiger partial charge in [-0.15, -0.1) is 0 Å². The highest BCUT2D eigenvalue weighted by Crippen LogP contribution is 2.30. The fraction of sp³-hybridized carbons (Fsp3) is 0.750. The summed E-state index contributed by atoms with van der Waals surface area (Å²) >= 11 is 0. The van der Waals surface area contributed by atoms with Crippen molar-refractivity contribution in [3.63, 3.8) is 0 Å². The van der Waals surface area contributed by atoms with Crippen LogP contribution in [0.4, 0.5) is 0 Å². The Morgan fingerprint density at radius 2 is 2.46 bits per heavy atom. The lowest BCUT2D eigenvalue weighted by atomic mass is 9.81. The fourth-order valence-electron chi connectivity index (χ4n) is 2.20. The number of amides is 1. The Balaban J connectivity index is 2.31. The van der Waals surface area contributed by atoms with Crippen LogP contribution in [0.15, 0.2) is 0 Å². The van der Waals surface area contributed by atoms with E-state index in [1.807, 2.05) is 4.90 Å². The predicted octanol–water partition coefficient (Wildman–Crippen LogP) is -0.966. The maximum absolute atomic E-state index is 11.4. The lowest BCUT2D eigenvalue weighted by Crippen LogP contribution is -2.73. The zero-order chi connectivity index (χ0) is 9.64. The molecule has 2 bridgehead atoms. The second-order valence-corrected chi connectivity index (χ2v) is 3.85. The van der Waals surface area contributed by atoms with Gasteiger partial charge in [0.1, 0.15) is 0 Å². The van der Waals surface area contributed by atoms with Gasteiger partial charge in [0.05, 0.1) is 6.04 Å². The molecule has 0 aliphatic carbocycles. The highest BCUT2D eigenvalue weighted by molar-refractivity contribution is 5.92. The van der Waals surface area contributed by atoms with Crippen LogP contribution in [-0.4, -0.2) is 47.1 Å². The second-order valence-electron chi connectivity index (χ2n) is 3.85. The zero-order valence-electron chi connectivity index (χ0n) is 7.41. The van der Waals surface area contributed by atoms with Crippen molar-refractivity contribution in [2.45, 2.75) is 24.4 Å². The van der Waals surface area contributed by atoms with E-state index in [0.29, 0.717) is 19.4 Å². The van der Waals surface area contributed by atoms with Crippen molar-refractivity contribution in [3.8, 4) is 0 Å². The number of nitrogens with one attached hydrogen (secondary N) is 1. The van der Waals surface area contributed by atoms with E-state index in [9.17, 15) is 9.59 Å². The van der Waals surface area contributed by atoms with Gasteiger partial charge in [-0.2, -0.15) is 0 Å². The summed E-state index contributed by atoms with van der Waals surface area (Å²) in [5.41, 5.74) is -1.03. The highest BCUT2D eigenvalue weighted by atomic mass is 16.4. The fourth-order valence-corrected chi connectivity index (χ4v) is 2.20. The van der Waals surface area contributed by atoms with Gasteiger partial charge in [-0.05, 0) is 19.9 Å². The molecule has 2 atom stereocenters. The maximum Gasteiger partial charge on any atom is 0.330 e. The molecular weight excluding hydrogens is 172 g/mol. The molecule has 3 heterocycles. The number of fused-ring (bicyclic) bond motifs is 3. The van der Waals surface area contributed by atoms with Crippen molar-refractivity contribution in [1.29, 1.82) is 0 Å². The van der Waals surface area contributed by atoms with Crippen LogP contribution in [-0.2, 0) is 9.59 Å². The van der Waals surface area contributed by atoms with Gasteiger partial charge in [0.15, 0.2) is 5.54 Å². The lowest BCUT2D eigenvalue weighted by molar-refractivity contribution is -0.159. The smallest absolute Gasteiger partial charge is 0.330 e. The van der Waals surface area contributed by atoms with Crippen molar-refractivity contribution in [2.75, 3.05) is 13.6 Å². The van der Waals surface area contributed by atoms with Crippen LogP contribution >= 0.6 is 0 Å². The first-order valence-corrected chi connectivity index (χ1v) is 4.31. The third kappa shape index (κ3) is 1.03. The molecule has 3 aliphatic heterocycles. The molecule has 3 fully saturated rings. The van der Waals surface area contributed by atoms with E-state index in [2.05, 4.69) is 5.32 Å². The Labute approximate surface area is 75.7 Å². The number of hydrogen-bond acceptors (Lipinski definition) is 3. The van der Waals surface area contributed by atoms with Gasteiger partial charge < -0.3 is 10.4 Å². The van der Waals surface area contributed by atoms with Gasteiger partial charge in [0, 0.05) is 6.54 Å². The number of piperazine rings is 1. The number of carbonyl (C=O) groups is 2. The number of carboxylic acid groups (broad SMARTS) is 1. The largest absolute Gasteiger partial charge is 0.479 e. The number of aliphatic carboxylic acids is 1. The molecule has 0 spiro atoms. The van der Waals surface area contributed by atoms with Gasteiger partial charge in [-0.1, -0.05) is 0 Å². The first-order chi connectivity index (χ1) is 6.05. The summed E-state index contributed by atoms with van der Waals surface area (Å²) in [5.74, 6) is -1.08. The minimum atomic E-state index is -1.03. The van der Waals surface area contributed by atoms with Gasteiger partial charge in [0.25, 0.3) is 0 Å². The number of hydrogen-bond donors (Lipinski definition) is 2. The molecule has 3 saturated heterocycles. The van der Waals surface area contributed by atoms with Gasteiger partial charge in [-0.3, -0.25) is 9.69 Å². The SMILES string of the molecule is CN1CC2(C(=O)O)CCC1C(=O)N2. The molecule has 0 aromatic rings. The summed E-state index contributed by atoms with van der Waals surface area (Å²) in [7, 11) is 1.79. The predicted molar refractivity (Wildman–Crippen MR) is 44.2 cm³/mol. The van der Waals surface area contributed by atoms with Crippen LogP contribution < -0.4 is 5.32 Å². The summed E-state index contributed by atoms with van der Waals surface area (Å²) in [6.07, 6.45) is 1.19. The Morgan fingerprint density at radius 3 is 2.92 bits per heavy atom. The van der Waals surface area contributed by atoms with E-state index in [1.54, 1.807) is 7.05 Å². The quantitative estimate of drug-likeness (QED) is 0.550. The van der Waals surface area contributed by atoms with Crippen LogP contribution in [0, 0.1) is 0 Å². The summed E-state index contributed by atoms with van der Waals surface area (Å²) in [6, 6.07) is -0.124. The van der Waals surface area contributed by atoms with Gasteiger partial charge >= 0.3 is 5.97 Å². The van der Waals surface area contributed by atoms with Crippen LogP contribution in [0.1, 0.15) is 12.8 Å². The first-order valence-electron chi connectivity index (χ1n) is 4.31. The Bertz CT molecular complexity index is 279. The zero-order valence-corrected chi connectivity index (χ0v) is 7.41. The standard InChI is InChI=1S/C8H12N2O3/c1-10-4-8(7(12)13)3-2-5(10)6(11)9-8/h5H,2-4H2,1H3,(H,9,11)(H,12,13). The molecule has 5 heteroatoms. The van der Waals surface area contributed by atoms with Crippen LogP contribution in [0.3, 0.4) is 0 Å². The van der Waals surface area contributed by atoms with Crippen LogP contribution in [0.2, 0.25) is 0 Å². The molecule has 3 aliphatic rings. The van der Waals surface area contributed by atoms with Gasteiger partial charge in [-0.25, -0.2) is 4.79 Å². The van der Waals surface area contributed by atoms with Crippen LogP contribution in [0.5, 0.6) is 0 Å². The van der Waals surface area contributed by atoms with E-state index >= 15 is 0 Å². The number of rotatable bonds is 1. The van der Waals surface area contributed by atoms with Crippen molar-refractivity contribution < 1.29 is 14.7 Å². The number of nitrogens with zero attached hydrogens (tertiary/aromatic N) is 1. The third-order valence-electron chi connectivity index (χ3n) is 2.97. The van der Waals surface area contributed by atoms with E-state index in [0.717, 1.165) is 0 Å². The van der Waals surface area contributed by atoms with Crippen molar-refractivity contribution in [1.82, 2.24) is 10.2 Å². The Hall–Kier alpha value is -1.10. The van der Waals surface area contributed by atoms with E-state index < -0.39 is 11.5 Å². The molecule has 2 unspecified atom stereocenters.